The number of carbonyl (C=O) groups is 5. The number of likely N-dealkylation sites (N-methyl/N-ethyl adjacent to an activating group) is 2. The van der Waals surface area contributed by atoms with Crippen molar-refractivity contribution in [1.82, 2.24) is 39.7 Å². The number of thioether (sulfide) groups is 1. The topological polar surface area (TPSA) is 205 Å². The molecule has 19 nitrogen and oxygen atoms in total. The highest BCUT2D eigenvalue weighted by molar-refractivity contribution is 8.14. The molecule has 3 N–H and O–H groups in total. The molecule has 2 aromatic heterocycles. The number of aryl methyl sites for hydroxylation is 1. The summed E-state index contributed by atoms with van der Waals surface area (Å²) in [6.07, 6.45) is 6.66. The number of anilines is 2. The Labute approximate surface area is 472 Å². The van der Waals surface area contributed by atoms with Crippen molar-refractivity contribution in [3.8, 4) is 11.1 Å². The van der Waals surface area contributed by atoms with Crippen LogP contribution in [0.3, 0.4) is 0 Å². The van der Waals surface area contributed by atoms with Gasteiger partial charge in [-0.1, -0.05) is 36.4 Å². The summed E-state index contributed by atoms with van der Waals surface area (Å²) in [6, 6.07) is 12.4. The Balaban J connectivity index is 0.721. The molecule has 0 spiro atoms. The quantitative estimate of drug-likeness (QED) is 0.0512. The van der Waals surface area contributed by atoms with E-state index in [0.29, 0.717) is 84.3 Å². The highest BCUT2D eigenvalue weighted by atomic mass is 32.2. The number of fused-ring (bicyclic) bond motifs is 8. The van der Waals surface area contributed by atoms with Crippen LogP contribution in [-0.4, -0.2) is 179 Å². The number of aromatic nitrogens is 3. The number of aliphatic imine (C=N–C) groups is 1. The molecule has 0 aliphatic carbocycles. The summed E-state index contributed by atoms with van der Waals surface area (Å²) in [4.78, 5) is 91.6. The maximum atomic E-state index is 14.8. The number of amides is 3. The summed E-state index contributed by atoms with van der Waals surface area (Å²) in [5.74, 6) is -0.0920. The van der Waals surface area contributed by atoms with Crippen molar-refractivity contribution < 1.29 is 37.8 Å². The number of hydrogen-bond donors (Lipinski definition) is 2. The molecule has 4 aromatic rings. The number of ketones is 2. The number of Topliss-reactive ketones (excluding diaryl/α,β-unsaturated/α-hetero) is 2. The van der Waals surface area contributed by atoms with Gasteiger partial charge in [-0.15, -0.1) is 16.9 Å². The smallest absolute Gasteiger partial charge is 0.260 e. The largest absolute Gasteiger partial charge is 0.382 e. The average molecular weight is 1120 g/mol. The molecular formula is C59H75FN12O7S. The second-order valence-corrected chi connectivity index (χ2v) is 22.9. The molecule has 3 fully saturated rings. The molecule has 21 heteroatoms. The van der Waals surface area contributed by atoms with Crippen molar-refractivity contribution in [2.24, 2.45) is 16.8 Å². The normalized spacial score (nSPS) is 20.3. The zero-order chi connectivity index (χ0) is 56.6. The van der Waals surface area contributed by atoms with Crippen LogP contribution in [0.15, 0.2) is 59.7 Å². The second-order valence-electron chi connectivity index (χ2n) is 21.8. The molecular weight excluding hydrogens is 1040 g/mol. The number of piperidine rings is 1. The van der Waals surface area contributed by atoms with Crippen LogP contribution < -0.4 is 16.0 Å². The van der Waals surface area contributed by atoms with Gasteiger partial charge in [0.15, 0.2) is 5.78 Å². The van der Waals surface area contributed by atoms with Crippen molar-refractivity contribution >= 4 is 63.4 Å². The molecule has 9 rings (SSSR count). The number of hydrogen-bond acceptors (Lipinski definition) is 15. The third kappa shape index (κ3) is 13.1. The van der Waals surface area contributed by atoms with Gasteiger partial charge < -0.3 is 49.9 Å². The van der Waals surface area contributed by atoms with Crippen molar-refractivity contribution in [2.75, 3.05) is 103 Å². The van der Waals surface area contributed by atoms with Gasteiger partial charge in [-0.25, -0.2) is 9.37 Å². The number of nitrogens with zero attached hydrogens (tertiary/aromatic N) is 10. The molecule has 0 saturated carbocycles. The van der Waals surface area contributed by atoms with Gasteiger partial charge in [-0.2, -0.15) is 4.68 Å². The summed E-state index contributed by atoms with van der Waals surface area (Å²) >= 11 is 1.58. The van der Waals surface area contributed by atoms with E-state index in [-0.39, 0.29) is 104 Å². The predicted octanol–water partition coefficient (Wildman–Crippen LogP) is 6.62. The van der Waals surface area contributed by atoms with E-state index in [4.69, 9.17) is 31.9 Å². The number of ether oxygens (including phenoxy) is 2. The average Bonchev–Trinajstić information content (AvgIpc) is 4.36. The lowest BCUT2D eigenvalue weighted by molar-refractivity contribution is -0.141. The van der Waals surface area contributed by atoms with Crippen molar-refractivity contribution in [2.45, 2.75) is 102 Å². The monoisotopic (exact) mass is 1110 g/mol. The zero-order valence-corrected chi connectivity index (χ0v) is 47.5. The van der Waals surface area contributed by atoms with E-state index < -0.39 is 17.8 Å². The van der Waals surface area contributed by atoms with E-state index in [2.05, 4.69) is 24.9 Å². The maximum absolute atomic E-state index is 14.8. The Morgan fingerprint density at radius 2 is 1.70 bits per heavy atom. The van der Waals surface area contributed by atoms with E-state index in [1.54, 1.807) is 48.7 Å². The summed E-state index contributed by atoms with van der Waals surface area (Å²) < 4.78 is 28.1. The van der Waals surface area contributed by atoms with E-state index in [1.165, 1.54) is 23.1 Å². The predicted molar refractivity (Wildman–Crippen MR) is 306 cm³/mol. The van der Waals surface area contributed by atoms with Crippen molar-refractivity contribution in [3.63, 3.8) is 0 Å². The minimum absolute atomic E-state index is 0.00105. The van der Waals surface area contributed by atoms with Crippen LogP contribution in [0.4, 0.5) is 21.7 Å². The number of halogens is 1. The van der Waals surface area contributed by atoms with Gasteiger partial charge in [0.25, 0.3) is 11.7 Å². The number of nitrogens with two attached hydrogens (primary N) is 1. The highest BCUT2D eigenvalue weighted by Gasteiger charge is 2.43. The third-order valence-corrected chi connectivity index (χ3v) is 17.8. The van der Waals surface area contributed by atoms with Crippen LogP contribution in [0.5, 0.6) is 0 Å². The lowest BCUT2D eigenvalue weighted by Crippen LogP contribution is -2.48. The molecule has 5 aliphatic heterocycles. The first-order valence-electron chi connectivity index (χ1n) is 28.1. The van der Waals surface area contributed by atoms with Gasteiger partial charge in [0.05, 0.1) is 74.8 Å². The SMILES string of the molecule is [C-]#[N+]c1c2c(nn1CCN(C)C(=O)CCOCCOCCN1CCC([C@@H](CC(=O)[C@@H](C)NC)C(=O)N3CCC[C@@H]3C3=NC(C(=O)c4ccc(C)cc4)CS3)CC1)CN(C)C(=O)c1ccc(F)cc1[C@H]1CCCN1c1cc-2cnc1N. The first kappa shape index (κ1) is 58.1. The van der Waals surface area contributed by atoms with Crippen LogP contribution in [0.2, 0.25) is 0 Å². The molecule has 3 saturated heterocycles. The summed E-state index contributed by atoms with van der Waals surface area (Å²) in [6.45, 7) is 17.6. The second kappa shape index (κ2) is 26.3. The van der Waals surface area contributed by atoms with E-state index in [1.807, 2.05) is 49.1 Å². The number of nitrogens with one attached hydrogen (secondary N) is 1. The molecule has 2 aromatic carbocycles. The summed E-state index contributed by atoms with van der Waals surface area (Å²) in [5, 5.41) is 8.76. The van der Waals surface area contributed by atoms with Gasteiger partial charge in [0, 0.05) is 74.7 Å². The van der Waals surface area contributed by atoms with Gasteiger partial charge in [-0.3, -0.25) is 29.0 Å². The molecule has 5 aliphatic rings. The lowest BCUT2D eigenvalue weighted by Gasteiger charge is -2.38. The van der Waals surface area contributed by atoms with Crippen molar-refractivity contribution in [1.29, 1.82) is 0 Å². The first-order valence-corrected chi connectivity index (χ1v) is 29.1. The Hall–Kier alpha value is -6.57. The maximum Gasteiger partial charge on any atom is 0.260 e. The number of pyridine rings is 1. The van der Waals surface area contributed by atoms with E-state index in [0.717, 1.165) is 62.3 Å². The van der Waals surface area contributed by atoms with Crippen LogP contribution in [0.1, 0.15) is 102 Å². The number of likely N-dealkylation sites (tertiary alicyclic amines) is 2. The van der Waals surface area contributed by atoms with Gasteiger partial charge >= 0.3 is 0 Å². The highest BCUT2D eigenvalue weighted by Crippen LogP contribution is 2.44. The molecule has 5 atom stereocenters. The van der Waals surface area contributed by atoms with Crippen molar-refractivity contribution in [3.05, 3.63) is 99.9 Å². The number of benzene rings is 2. The fourth-order valence-corrected chi connectivity index (χ4v) is 13.0. The number of carbonyl (C=O) groups excluding carboxylic acids is 5. The fourth-order valence-electron chi connectivity index (χ4n) is 11.8. The molecule has 80 heavy (non-hydrogen) atoms. The molecule has 0 radical (unpaired) electrons. The molecule has 7 heterocycles. The summed E-state index contributed by atoms with van der Waals surface area (Å²) in [5.41, 5.74) is 11.5. The number of rotatable bonds is 21. The molecule has 426 valence electrons. The Morgan fingerprint density at radius 1 is 0.963 bits per heavy atom. The molecule has 3 amide bonds. The van der Waals surface area contributed by atoms with Crippen LogP contribution >= 0.6 is 11.8 Å². The van der Waals surface area contributed by atoms with E-state index in [9.17, 15) is 28.4 Å². The Kier molecular flexibility index (Phi) is 19.1. The van der Waals surface area contributed by atoms with Crippen LogP contribution in [-0.2, 0) is 36.9 Å². The Bertz CT molecular complexity index is 2990. The van der Waals surface area contributed by atoms with E-state index >= 15 is 0 Å². The van der Waals surface area contributed by atoms with Gasteiger partial charge in [0.2, 0.25) is 11.8 Å². The standard InChI is InChI=1S/C59H75FN12O7S/c1-37-11-13-40(14-12-37)54(75)47-36-80-57(65-47)49-10-8-21-71(49)59(77)44(33-51(73)38(2)62-3)39-17-22-69(23-18-39)26-28-79-30-29-78-27-19-52(74)67(5)24-25-72-56(63-4)53-41-31-50(55(61)64-34-41)70-20-7-9-48(70)45-32-42(60)15-16-43(45)58(76)68(6)35-46(53)66-72/h11-16,31-32,34,38-39,44,47-49,62H,7-10,17-30,33,35-36H2,1-3,5-6H3,(H2,61,64)/t38-,44-,47?,48-,49-/m1/s1. The number of nitrogen functional groups attached to an aromatic ring is 1. The fraction of sp³-hybridized carbons (Fsp3) is 0.542. The van der Waals surface area contributed by atoms with Gasteiger partial charge in [0.1, 0.15) is 35.7 Å². The van der Waals surface area contributed by atoms with Crippen LogP contribution in [0.25, 0.3) is 16.0 Å². The first-order chi connectivity index (χ1) is 38.6. The summed E-state index contributed by atoms with van der Waals surface area (Å²) in [7, 11) is 5.13. The zero-order valence-electron chi connectivity index (χ0n) is 46.7. The van der Waals surface area contributed by atoms with Gasteiger partial charge in [-0.05, 0) is 114 Å². The minimum Gasteiger partial charge on any atom is -0.382 e. The third-order valence-electron chi connectivity index (χ3n) is 16.6. The lowest BCUT2D eigenvalue weighted by atomic mass is 9.79. The molecule has 1 unspecified atom stereocenters. The Morgan fingerprint density at radius 3 is 2.45 bits per heavy atom. The minimum atomic E-state index is -0.470. The molecule has 2 bridgehead atoms. The van der Waals surface area contributed by atoms with Crippen LogP contribution in [0, 0.1) is 31.1 Å².